The average Bonchev–Trinajstić information content (AvgIpc) is 2.62. The standard InChI is InChI=1S/C17H15ClO6S/c1-2-14(19)13-9-11(18)3-5-15(13)24-25(20,21)12-4-6-16-17(10-12)23-8-7-22-16/h3-6,9-10H,2,7-8H2,1H3. The van der Waals surface area contributed by atoms with E-state index in [1.165, 1.54) is 36.4 Å². The summed E-state index contributed by atoms with van der Waals surface area (Å²) in [6.45, 7) is 2.41. The minimum Gasteiger partial charge on any atom is -0.486 e. The van der Waals surface area contributed by atoms with Crippen LogP contribution in [0.3, 0.4) is 0 Å². The monoisotopic (exact) mass is 382 g/mol. The molecule has 2 aromatic rings. The van der Waals surface area contributed by atoms with E-state index in [2.05, 4.69) is 0 Å². The first-order chi connectivity index (χ1) is 11.9. The van der Waals surface area contributed by atoms with Crippen molar-refractivity contribution >= 4 is 27.5 Å². The van der Waals surface area contributed by atoms with Crippen LogP contribution < -0.4 is 13.7 Å². The van der Waals surface area contributed by atoms with Crippen LogP contribution in [0.25, 0.3) is 0 Å². The molecule has 6 nitrogen and oxygen atoms in total. The first-order valence-corrected chi connectivity index (χ1v) is 9.36. The molecule has 1 aliphatic rings. The van der Waals surface area contributed by atoms with E-state index in [0.29, 0.717) is 29.7 Å². The van der Waals surface area contributed by atoms with Gasteiger partial charge in [-0.05, 0) is 30.3 Å². The van der Waals surface area contributed by atoms with Crippen LogP contribution in [-0.2, 0) is 10.1 Å². The van der Waals surface area contributed by atoms with Gasteiger partial charge in [0.2, 0.25) is 0 Å². The Hall–Kier alpha value is -2.25. The molecule has 0 bridgehead atoms. The number of rotatable bonds is 5. The predicted molar refractivity (Wildman–Crippen MR) is 91.3 cm³/mol. The van der Waals surface area contributed by atoms with Crippen molar-refractivity contribution in [2.45, 2.75) is 18.2 Å². The van der Waals surface area contributed by atoms with Crippen molar-refractivity contribution in [2.24, 2.45) is 0 Å². The second-order valence-electron chi connectivity index (χ2n) is 5.26. The second kappa shape index (κ2) is 6.93. The third-order valence-corrected chi connectivity index (χ3v) is 5.03. The molecule has 0 amide bonds. The normalized spacial score (nSPS) is 13.4. The third kappa shape index (κ3) is 3.72. The summed E-state index contributed by atoms with van der Waals surface area (Å²) >= 11 is 5.90. The number of Topliss-reactive ketones (excluding diaryl/α,β-unsaturated/α-hetero) is 1. The molecular weight excluding hydrogens is 368 g/mol. The Labute approximate surface area is 150 Å². The van der Waals surface area contributed by atoms with Gasteiger partial charge in [0.25, 0.3) is 0 Å². The minimum absolute atomic E-state index is 0.0638. The van der Waals surface area contributed by atoms with Crippen LogP contribution in [-0.4, -0.2) is 27.4 Å². The molecule has 2 aromatic carbocycles. The highest BCUT2D eigenvalue weighted by atomic mass is 35.5. The summed E-state index contributed by atoms with van der Waals surface area (Å²) in [6.07, 6.45) is 0.195. The molecule has 0 aliphatic carbocycles. The van der Waals surface area contributed by atoms with Gasteiger partial charge < -0.3 is 13.7 Å². The van der Waals surface area contributed by atoms with Crippen LogP contribution in [0.15, 0.2) is 41.3 Å². The SMILES string of the molecule is CCC(=O)c1cc(Cl)ccc1OS(=O)(=O)c1ccc2c(c1)OCCO2. The molecule has 0 saturated carbocycles. The lowest BCUT2D eigenvalue weighted by Crippen LogP contribution is -2.17. The number of hydrogen-bond donors (Lipinski definition) is 0. The van der Waals surface area contributed by atoms with Crippen LogP contribution in [0.1, 0.15) is 23.7 Å². The van der Waals surface area contributed by atoms with Crippen molar-refractivity contribution in [1.29, 1.82) is 0 Å². The maximum Gasteiger partial charge on any atom is 0.339 e. The van der Waals surface area contributed by atoms with Gasteiger partial charge in [0.1, 0.15) is 18.1 Å². The summed E-state index contributed by atoms with van der Waals surface area (Å²) < 4.78 is 41.1. The molecule has 8 heteroatoms. The zero-order valence-electron chi connectivity index (χ0n) is 13.3. The molecule has 0 saturated heterocycles. The van der Waals surface area contributed by atoms with Gasteiger partial charge in [0, 0.05) is 17.5 Å². The predicted octanol–water partition coefficient (Wildman–Crippen LogP) is 3.47. The zero-order chi connectivity index (χ0) is 18.0. The Morgan fingerprint density at radius 3 is 2.56 bits per heavy atom. The molecule has 0 atom stereocenters. The number of fused-ring (bicyclic) bond motifs is 1. The molecule has 1 heterocycles. The molecular formula is C17H15ClO6S. The van der Waals surface area contributed by atoms with Crippen molar-refractivity contribution < 1.29 is 26.9 Å². The van der Waals surface area contributed by atoms with Gasteiger partial charge in [-0.3, -0.25) is 4.79 Å². The van der Waals surface area contributed by atoms with E-state index in [0.717, 1.165) is 0 Å². The summed E-state index contributed by atoms with van der Waals surface area (Å²) in [4.78, 5) is 11.9. The number of hydrogen-bond acceptors (Lipinski definition) is 6. The lowest BCUT2D eigenvalue weighted by atomic mass is 10.1. The molecule has 0 fully saturated rings. The number of ether oxygens (including phenoxy) is 2. The van der Waals surface area contributed by atoms with Gasteiger partial charge >= 0.3 is 10.1 Å². The Kier molecular flexibility index (Phi) is 4.87. The number of carbonyl (C=O) groups excluding carboxylic acids is 1. The van der Waals surface area contributed by atoms with Crippen molar-refractivity contribution in [3.63, 3.8) is 0 Å². The van der Waals surface area contributed by atoms with Crippen molar-refractivity contribution in [2.75, 3.05) is 13.2 Å². The van der Waals surface area contributed by atoms with E-state index in [4.69, 9.17) is 25.3 Å². The van der Waals surface area contributed by atoms with Gasteiger partial charge in [-0.25, -0.2) is 0 Å². The zero-order valence-corrected chi connectivity index (χ0v) is 14.9. The third-order valence-electron chi connectivity index (χ3n) is 3.56. The fourth-order valence-electron chi connectivity index (χ4n) is 2.33. The van der Waals surface area contributed by atoms with E-state index >= 15 is 0 Å². The number of ketones is 1. The first kappa shape index (κ1) is 17.6. The maximum absolute atomic E-state index is 12.6. The van der Waals surface area contributed by atoms with Crippen LogP contribution in [0.4, 0.5) is 0 Å². The molecule has 1 aliphatic heterocycles. The van der Waals surface area contributed by atoms with Crippen LogP contribution in [0.5, 0.6) is 17.2 Å². The van der Waals surface area contributed by atoms with E-state index in [9.17, 15) is 13.2 Å². The lowest BCUT2D eigenvalue weighted by molar-refractivity contribution is 0.0986. The molecule has 132 valence electrons. The molecule has 3 rings (SSSR count). The molecule has 0 radical (unpaired) electrons. The molecule has 0 N–H and O–H groups in total. The van der Waals surface area contributed by atoms with Crippen LogP contribution >= 0.6 is 11.6 Å². The Morgan fingerprint density at radius 1 is 1.12 bits per heavy atom. The molecule has 0 unspecified atom stereocenters. The molecule has 25 heavy (non-hydrogen) atoms. The average molecular weight is 383 g/mol. The summed E-state index contributed by atoms with van der Waals surface area (Å²) in [5, 5.41) is 0.320. The first-order valence-electron chi connectivity index (χ1n) is 7.57. The summed E-state index contributed by atoms with van der Waals surface area (Å²) in [5.74, 6) is 0.469. The fourth-order valence-corrected chi connectivity index (χ4v) is 3.46. The van der Waals surface area contributed by atoms with Gasteiger partial charge in [-0.2, -0.15) is 8.42 Å². The highest BCUT2D eigenvalue weighted by molar-refractivity contribution is 7.87. The Morgan fingerprint density at radius 2 is 1.84 bits per heavy atom. The maximum atomic E-state index is 12.6. The van der Waals surface area contributed by atoms with Crippen molar-refractivity contribution in [1.82, 2.24) is 0 Å². The topological polar surface area (TPSA) is 78.9 Å². The van der Waals surface area contributed by atoms with Gasteiger partial charge in [0.05, 0.1) is 5.56 Å². The van der Waals surface area contributed by atoms with E-state index < -0.39 is 10.1 Å². The van der Waals surface area contributed by atoms with Crippen molar-refractivity contribution in [3.05, 3.63) is 47.0 Å². The van der Waals surface area contributed by atoms with E-state index in [-0.39, 0.29) is 28.4 Å². The largest absolute Gasteiger partial charge is 0.486 e. The van der Waals surface area contributed by atoms with E-state index in [1.54, 1.807) is 6.92 Å². The Bertz CT molecular complexity index is 923. The van der Waals surface area contributed by atoms with Gasteiger partial charge in [-0.1, -0.05) is 18.5 Å². The minimum atomic E-state index is -4.15. The van der Waals surface area contributed by atoms with Crippen molar-refractivity contribution in [3.8, 4) is 17.2 Å². The highest BCUT2D eigenvalue weighted by Crippen LogP contribution is 2.34. The number of carbonyl (C=O) groups is 1. The van der Waals surface area contributed by atoms with Crippen LogP contribution in [0.2, 0.25) is 5.02 Å². The Balaban J connectivity index is 1.96. The second-order valence-corrected chi connectivity index (χ2v) is 7.24. The molecule has 0 spiro atoms. The quantitative estimate of drug-likeness (QED) is 0.582. The van der Waals surface area contributed by atoms with E-state index in [1.807, 2.05) is 0 Å². The summed E-state index contributed by atoms with van der Waals surface area (Å²) in [6, 6.07) is 8.41. The highest BCUT2D eigenvalue weighted by Gasteiger charge is 2.23. The number of halogens is 1. The summed E-state index contributed by atoms with van der Waals surface area (Å²) in [7, 11) is -4.15. The van der Waals surface area contributed by atoms with Gasteiger partial charge in [0.15, 0.2) is 23.0 Å². The lowest BCUT2D eigenvalue weighted by Gasteiger charge is -2.19. The van der Waals surface area contributed by atoms with Crippen LogP contribution in [0, 0.1) is 0 Å². The summed E-state index contributed by atoms with van der Waals surface area (Å²) in [5.41, 5.74) is 0.121. The smallest absolute Gasteiger partial charge is 0.339 e. The number of benzene rings is 2. The fraction of sp³-hybridized carbons (Fsp3) is 0.235. The van der Waals surface area contributed by atoms with Gasteiger partial charge in [-0.15, -0.1) is 0 Å². The molecule has 0 aromatic heterocycles.